The number of aromatic carboxylic acids is 1. The molecule has 0 saturated heterocycles. The second-order valence-electron chi connectivity index (χ2n) is 3.07. The molecule has 0 saturated carbocycles. The molecule has 0 amide bonds. The van der Waals surface area contributed by atoms with Crippen molar-refractivity contribution in [2.75, 3.05) is 0 Å². The highest BCUT2D eigenvalue weighted by Gasteiger charge is 2.09. The maximum Gasteiger partial charge on any atom is 0.335 e. The molecule has 1 aromatic carbocycles. The van der Waals surface area contributed by atoms with Gasteiger partial charge in [0.1, 0.15) is 5.75 Å². The van der Waals surface area contributed by atoms with Crippen molar-refractivity contribution in [3.8, 4) is 5.75 Å². The molecule has 0 fully saturated rings. The lowest BCUT2D eigenvalue weighted by atomic mass is 10.2. The Labute approximate surface area is 101 Å². The van der Waals surface area contributed by atoms with Gasteiger partial charge in [0.05, 0.1) is 10.6 Å². The molecule has 1 aromatic heterocycles. The van der Waals surface area contributed by atoms with E-state index in [1.54, 1.807) is 0 Å². The van der Waals surface area contributed by atoms with Gasteiger partial charge in [-0.2, -0.15) is 4.98 Å². The van der Waals surface area contributed by atoms with E-state index in [1.807, 2.05) is 0 Å². The molecule has 88 valence electrons. The van der Waals surface area contributed by atoms with E-state index in [-0.39, 0.29) is 17.2 Å². The van der Waals surface area contributed by atoms with Crippen molar-refractivity contribution in [3.63, 3.8) is 0 Å². The quantitative estimate of drug-likeness (QED) is 0.898. The van der Waals surface area contributed by atoms with Crippen LogP contribution < -0.4 is 4.74 Å². The summed E-state index contributed by atoms with van der Waals surface area (Å²) in [6.45, 7) is 0.0755. The van der Waals surface area contributed by atoms with Crippen molar-refractivity contribution in [2.45, 2.75) is 6.61 Å². The van der Waals surface area contributed by atoms with Crippen LogP contribution in [0, 0.1) is 0 Å². The Morgan fingerprint density at radius 3 is 2.94 bits per heavy atom. The highest BCUT2D eigenvalue weighted by molar-refractivity contribution is 6.32. The van der Waals surface area contributed by atoms with E-state index in [1.165, 1.54) is 24.5 Å². The van der Waals surface area contributed by atoms with Gasteiger partial charge >= 0.3 is 5.97 Å². The number of carboxylic acid groups (broad SMARTS) is 1. The summed E-state index contributed by atoms with van der Waals surface area (Å²) in [6, 6.07) is 4.19. The first-order chi connectivity index (χ1) is 8.16. The number of halogens is 1. The molecule has 2 rings (SSSR count). The molecular weight excluding hydrogens is 248 g/mol. The smallest absolute Gasteiger partial charge is 0.335 e. The molecule has 1 N–H and O–H groups in total. The summed E-state index contributed by atoms with van der Waals surface area (Å²) in [4.78, 5) is 14.4. The van der Waals surface area contributed by atoms with E-state index in [0.717, 1.165) is 0 Å². The molecule has 0 aliphatic carbocycles. The molecule has 0 radical (unpaired) electrons. The lowest BCUT2D eigenvalue weighted by Crippen LogP contribution is -1.99. The zero-order chi connectivity index (χ0) is 12.3. The third kappa shape index (κ3) is 2.73. The summed E-state index contributed by atoms with van der Waals surface area (Å²) >= 11 is 5.86. The Bertz CT molecular complexity index is 527. The number of hydrogen-bond acceptors (Lipinski definition) is 5. The number of nitrogens with zero attached hydrogens (tertiary/aromatic N) is 2. The molecule has 0 bridgehead atoms. The number of carboxylic acids is 1. The maximum atomic E-state index is 10.7. The van der Waals surface area contributed by atoms with Gasteiger partial charge in [-0.3, -0.25) is 0 Å². The fraction of sp³-hybridized carbons (Fsp3) is 0.100. The minimum absolute atomic E-state index is 0.0755. The molecule has 0 unspecified atom stereocenters. The van der Waals surface area contributed by atoms with Gasteiger partial charge in [0, 0.05) is 0 Å². The Balaban J connectivity index is 2.09. The summed E-state index contributed by atoms with van der Waals surface area (Å²) in [5.74, 6) is -0.381. The average Bonchev–Trinajstić information content (AvgIpc) is 2.80. The molecule has 1 heterocycles. The number of aromatic nitrogens is 2. The van der Waals surface area contributed by atoms with Crippen LogP contribution in [0.3, 0.4) is 0 Å². The van der Waals surface area contributed by atoms with E-state index >= 15 is 0 Å². The van der Waals surface area contributed by atoms with Crippen LogP contribution in [-0.2, 0) is 6.61 Å². The number of carbonyl (C=O) groups is 1. The normalized spacial score (nSPS) is 10.2. The third-order valence-corrected chi connectivity index (χ3v) is 2.23. The number of ether oxygens (including phenoxy) is 1. The Hall–Kier alpha value is -2.08. The van der Waals surface area contributed by atoms with Gasteiger partial charge in [-0.05, 0) is 18.2 Å². The van der Waals surface area contributed by atoms with Crippen LogP contribution in [0.2, 0.25) is 5.02 Å². The SMILES string of the molecule is O=C(O)c1ccc(OCc2ncno2)c(Cl)c1. The molecule has 6 nitrogen and oxygen atoms in total. The Kier molecular flexibility index (Phi) is 3.24. The van der Waals surface area contributed by atoms with Crippen LogP contribution >= 0.6 is 11.6 Å². The van der Waals surface area contributed by atoms with Crippen molar-refractivity contribution in [1.82, 2.24) is 10.1 Å². The number of hydrogen-bond donors (Lipinski definition) is 1. The highest BCUT2D eigenvalue weighted by Crippen LogP contribution is 2.26. The van der Waals surface area contributed by atoms with Crippen molar-refractivity contribution in [2.24, 2.45) is 0 Å². The van der Waals surface area contributed by atoms with E-state index in [4.69, 9.17) is 26.0 Å². The van der Waals surface area contributed by atoms with E-state index in [9.17, 15) is 4.79 Å². The topological polar surface area (TPSA) is 85.5 Å². The maximum absolute atomic E-state index is 10.7. The van der Waals surface area contributed by atoms with E-state index in [0.29, 0.717) is 11.6 Å². The number of benzene rings is 1. The fourth-order valence-corrected chi connectivity index (χ4v) is 1.39. The highest BCUT2D eigenvalue weighted by atomic mass is 35.5. The molecule has 0 aliphatic heterocycles. The minimum atomic E-state index is -1.05. The van der Waals surface area contributed by atoms with Crippen molar-refractivity contribution in [1.29, 1.82) is 0 Å². The lowest BCUT2D eigenvalue weighted by molar-refractivity contribution is 0.0697. The molecule has 0 spiro atoms. The fourth-order valence-electron chi connectivity index (χ4n) is 1.15. The van der Waals surface area contributed by atoms with Gasteiger partial charge in [0.15, 0.2) is 12.9 Å². The average molecular weight is 255 g/mol. The van der Waals surface area contributed by atoms with Gasteiger partial charge in [0.25, 0.3) is 5.89 Å². The minimum Gasteiger partial charge on any atom is -0.482 e. The molecule has 0 aliphatic rings. The Morgan fingerprint density at radius 1 is 1.53 bits per heavy atom. The van der Waals surface area contributed by atoms with Crippen LogP contribution in [0.1, 0.15) is 16.2 Å². The first-order valence-corrected chi connectivity index (χ1v) is 4.96. The molecule has 0 atom stereocenters. The molecule has 7 heteroatoms. The largest absolute Gasteiger partial charge is 0.482 e. The van der Waals surface area contributed by atoms with E-state index < -0.39 is 5.97 Å². The molecule has 17 heavy (non-hydrogen) atoms. The predicted octanol–water partition coefficient (Wildman–Crippen LogP) is 2.00. The Morgan fingerprint density at radius 2 is 2.35 bits per heavy atom. The molecular formula is C10H7ClN2O4. The van der Waals surface area contributed by atoms with Gasteiger partial charge < -0.3 is 14.4 Å². The van der Waals surface area contributed by atoms with Crippen LogP contribution in [0.15, 0.2) is 29.0 Å². The van der Waals surface area contributed by atoms with Crippen molar-refractivity contribution >= 4 is 17.6 Å². The standard InChI is InChI=1S/C10H7ClN2O4/c11-7-3-6(10(14)15)1-2-8(7)16-4-9-12-5-13-17-9/h1-3,5H,4H2,(H,14,15). The summed E-state index contributed by atoms with van der Waals surface area (Å²) in [6.07, 6.45) is 1.26. The second kappa shape index (κ2) is 4.84. The summed E-state index contributed by atoms with van der Waals surface area (Å²) < 4.78 is 10.0. The first-order valence-electron chi connectivity index (χ1n) is 4.58. The summed E-state index contributed by atoms with van der Waals surface area (Å²) in [7, 11) is 0. The molecule has 2 aromatic rings. The van der Waals surface area contributed by atoms with Crippen LogP contribution in [-0.4, -0.2) is 21.2 Å². The first kappa shape index (κ1) is 11.4. The van der Waals surface area contributed by atoms with Gasteiger partial charge in [0.2, 0.25) is 0 Å². The van der Waals surface area contributed by atoms with Crippen molar-refractivity contribution < 1.29 is 19.2 Å². The van der Waals surface area contributed by atoms with Crippen LogP contribution in [0.4, 0.5) is 0 Å². The monoisotopic (exact) mass is 254 g/mol. The zero-order valence-corrected chi connectivity index (χ0v) is 9.22. The van der Waals surface area contributed by atoms with Gasteiger partial charge in [-0.25, -0.2) is 4.79 Å². The summed E-state index contributed by atoms with van der Waals surface area (Å²) in [5.41, 5.74) is 0.0974. The van der Waals surface area contributed by atoms with Crippen LogP contribution in [0.5, 0.6) is 5.75 Å². The third-order valence-electron chi connectivity index (χ3n) is 1.94. The number of rotatable bonds is 4. The van der Waals surface area contributed by atoms with E-state index in [2.05, 4.69) is 10.1 Å². The van der Waals surface area contributed by atoms with Crippen LogP contribution in [0.25, 0.3) is 0 Å². The van der Waals surface area contributed by atoms with Crippen molar-refractivity contribution in [3.05, 3.63) is 41.0 Å². The predicted molar refractivity (Wildman–Crippen MR) is 57.0 cm³/mol. The zero-order valence-electron chi connectivity index (χ0n) is 8.46. The van der Waals surface area contributed by atoms with Gasteiger partial charge in [-0.15, -0.1) is 0 Å². The van der Waals surface area contributed by atoms with Gasteiger partial charge in [-0.1, -0.05) is 16.8 Å². The lowest BCUT2D eigenvalue weighted by Gasteiger charge is -2.05. The second-order valence-corrected chi connectivity index (χ2v) is 3.48. The summed E-state index contributed by atoms with van der Waals surface area (Å²) in [5, 5.41) is 12.4.